The van der Waals surface area contributed by atoms with E-state index >= 15 is 4.39 Å². The first-order valence-electron chi connectivity index (χ1n) is 13.7. The van der Waals surface area contributed by atoms with Crippen LogP contribution in [-0.4, -0.2) is 95.1 Å². The quantitative estimate of drug-likeness (QED) is 0.582. The number of aromatic hydroxyl groups is 1. The van der Waals surface area contributed by atoms with Gasteiger partial charge in [0.2, 0.25) is 0 Å². The molecule has 1 aromatic heterocycles. The van der Waals surface area contributed by atoms with Crippen LogP contribution in [-0.2, 0) is 9.47 Å². The van der Waals surface area contributed by atoms with Gasteiger partial charge in [-0.15, -0.1) is 0 Å². The molecule has 5 rings (SSSR count). The number of fused-ring (bicyclic) bond motifs is 2. The van der Waals surface area contributed by atoms with Crippen molar-refractivity contribution < 1.29 is 37.7 Å². The molecule has 41 heavy (non-hydrogen) atoms. The summed E-state index contributed by atoms with van der Waals surface area (Å²) in [5.74, 6) is -3.18. The number of nitrogens with zero attached hydrogens (tertiary/aromatic N) is 4. The number of anilines is 1. The molecular weight excluding hydrogens is 538 g/mol. The number of aromatic nitrogens is 1. The number of pyridine rings is 1. The SMILES string of the molecule is COC1CN(c2nc(-c3c(O)cccc3F)c(F)c3c2C(=O)N2CCN(C(=O)OC(C)(C)C)C[C@@H]2CO3)C(C)(C)C1. The number of carbonyl (C=O) groups excluding carboxylic acids is 2. The predicted octanol–water partition coefficient (Wildman–Crippen LogP) is 4.19. The molecular formula is C29H36F2N4O6. The third-order valence-corrected chi connectivity index (χ3v) is 7.77. The van der Waals surface area contributed by atoms with Gasteiger partial charge in [-0.2, -0.15) is 0 Å². The van der Waals surface area contributed by atoms with E-state index < -0.39 is 57.8 Å². The molecule has 0 spiro atoms. The largest absolute Gasteiger partial charge is 0.507 e. The van der Waals surface area contributed by atoms with Gasteiger partial charge in [-0.1, -0.05) is 6.07 Å². The smallest absolute Gasteiger partial charge is 0.410 e. The van der Waals surface area contributed by atoms with Gasteiger partial charge in [-0.05, 0) is 53.2 Å². The van der Waals surface area contributed by atoms with E-state index in [2.05, 4.69) is 4.98 Å². The lowest BCUT2D eigenvalue weighted by Gasteiger charge is -2.40. The predicted molar refractivity (Wildman–Crippen MR) is 146 cm³/mol. The molecule has 0 bridgehead atoms. The van der Waals surface area contributed by atoms with Crippen molar-refractivity contribution in [1.82, 2.24) is 14.8 Å². The minimum Gasteiger partial charge on any atom is -0.507 e. The number of hydrogen-bond acceptors (Lipinski definition) is 8. The fraction of sp³-hybridized carbons (Fsp3) is 0.552. The summed E-state index contributed by atoms with van der Waals surface area (Å²) in [5, 5.41) is 10.5. The van der Waals surface area contributed by atoms with Crippen LogP contribution in [0, 0.1) is 11.6 Å². The highest BCUT2D eigenvalue weighted by atomic mass is 19.1. The number of phenols is 1. The van der Waals surface area contributed by atoms with Gasteiger partial charge in [0.1, 0.15) is 40.8 Å². The first-order valence-corrected chi connectivity index (χ1v) is 13.7. The molecule has 12 heteroatoms. The molecule has 3 aliphatic rings. The summed E-state index contributed by atoms with van der Waals surface area (Å²) in [7, 11) is 1.59. The van der Waals surface area contributed by atoms with Crippen molar-refractivity contribution in [2.45, 2.75) is 64.3 Å². The van der Waals surface area contributed by atoms with Crippen LogP contribution in [0.3, 0.4) is 0 Å². The molecule has 2 amide bonds. The highest BCUT2D eigenvalue weighted by Gasteiger charge is 2.46. The van der Waals surface area contributed by atoms with Gasteiger partial charge in [-0.3, -0.25) is 4.79 Å². The lowest BCUT2D eigenvalue weighted by Crippen LogP contribution is -2.58. The number of halogens is 2. The van der Waals surface area contributed by atoms with Gasteiger partial charge < -0.3 is 34.0 Å². The summed E-state index contributed by atoms with van der Waals surface area (Å²) in [5.41, 5.74) is -2.23. The molecule has 4 heterocycles. The first-order chi connectivity index (χ1) is 19.2. The lowest BCUT2D eigenvalue weighted by atomic mass is 9.99. The molecule has 2 atom stereocenters. The number of amides is 2. The Hall–Kier alpha value is -3.67. The van der Waals surface area contributed by atoms with E-state index in [0.717, 1.165) is 6.07 Å². The second-order valence-electron chi connectivity index (χ2n) is 12.3. The molecule has 0 radical (unpaired) electrons. The Morgan fingerprint density at radius 3 is 2.54 bits per heavy atom. The van der Waals surface area contributed by atoms with Gasteiger partial charge >= 0.3 is 6.09 Å². The summed E-state index contributed by atoms with van der Waals surface area (Å²) < 4.78 is 48.4. The van der Waals surface area contributed by atoms with Gasteiger partial charge in [0, 0.05) is 38.8 Å². The van der Waals surface area contributed by atoms with E-state index in [1.807, 2.05) is 18.7 Å². The van der Waals surface area contributed by atoms with E-state index in [9.17, 15) is 19.1 Å². The Labute approximate surface area is 237 Å². The summed E-state index contributed by atoms with van der Waals surface area (Å²) in [6.07, 6.45) is -0.101. The average molecular weight is 575 g/mol. The van der Waals surface area contributed by atoms with Crippen molar-refractivity contribution in [3.05, 3.63) is 35.4 Å². The third-order valence-electron chi connectivity index (χ3n) is 7.77. The Bertz CT molecular complexity index is 1360. The van der Waals surface area contributed by atoms with Crippen LogP contribution in [0.4, 0.5) is 19.4 Å². The van der Waals surface area contributed by atoms with Crippen LogP contribution >= 0.6 is 0 Å². The summed E-state index contributed by atoms with van der Waals surface area (Å²) in [4.78, 5) is 36.4. The number of phenolic OH excluding ortho intramolecular Hbond substituents is 1. The van der Waals surface area contributed by atoms with Crippen molar-refractivity contribution in [1.29, 1.82) is 0 Å². The Balaban J connectivity index is 1.62. The number of methoxy groups -OCH3 is 1. The molecule has 1 N–H and O–H groups in total. The van der Waals surface area contributed by atoms with E-state index in [1.165, 1.54) is 17.0 Å². The molecule has 10 nitrogen and oxygen atoms in total. The van der Waals surface area contributed by atoms with Crippen LogP contribution in [0.1, 0.15) is 51.4 Å². The Morgan fingerprint density at radius 1 is 1.17 bits per heavy atom. The fourth-order valence-corrected chi connectivity index (χ4v) is 5.76. The van der Waals surface area contributed by atoms with Gasteiger partial charge in [-0.25, -0.2) is 18.6 Å². The summed E-state index contributed by atoms with van der Waals surface area (Å²) in [6.45, 7) is 9.96. The molecule has 2 fully saturated rings. The maximum absolute atomic E-state index is 16.3. The zero-order valence-electron chi connectivity index (χ0n) is 24.2. The molecule has 2 aromatic rings. The zero-order valence-corrected chi connectivity index (χ0v) is 24.2. The summed E-state index contributed by atoms with van der Waals surface area (Å²) >= 11 is 0. The lowest BCUT2D eigenvalue weighted by molar-refractivity contribution is 0.000864. The maximum Gasteiger partial charge on any atom is 0.410 e. The minimum absolute atomic E-state index is 0.0832. The number of hydrogen-bond donors (Lipinski definition) is 1. The van der Waals surface area contributed by atoms with Crippen LogP contribution in [0.25, 0.3) is 11.3 Å². The van der Waals surface area contributed by atoms with E-state index in [4.69, 9.17) is 14.2 Å². The van der Waals surface area contributed by atoms with Crippen molar-refractivity contribution in [3.8, 4) is 22.8 Å². The number of benzene rings is 1. The van der Waals surface area contributed by atoms with Gasteiger partial charge in [0.05, 0.1) is 17.7 Å². The Morgan fingerprint density at radius 2 is 1.90 bits per heavy atom. The number of piperazine rings is 1. The molecule has 222 valence electrons. The van der Waals surface area contributed by atoms with E-state index in [-0.39, 0.29) is 49.5 Å². The Kier molecular flexibility index (Phi) is 7.25. The molecule has 1 unspecified atom stereocenters. The fourth-order valence-electron chi connectivity index (χ4n) is 5.76. The van der Waals surface area contributed by atoms with Gasteiger partial charge in [0.15, 0.2) is 11.6 Å². The van der Waals surface area contributed by atoms with Crippen LogP contribution in [0.5, 0.6) is 11.5 Å². The van der Waals surface area contributed by atoms with Gasteiger partial charge in [0.25, 0.3) is 5.91 Å². The highest BCUT2D eigenvalue weighted by molar-refractivity contribution is 6.03. The number of carbonyl (C=O) groups is 2. The zero-order chi connectivity index (χ0) is 29.9. The van der Waals surface area contributed by atoms with E-state index in [0.29, 0.717) is 13.0 Å². The molecule has 0 saturated carbocycles. The molecule has 1 aromatic carbocycles. The number of ether oxygens (including phenoxy) is 3. The second kappa shape index (κ2) is 10.3. The van der Waals surface area contributed by atoms with Crippen molar-refractivity contribution >= 4 is 17.8 Å². The standard InChI is InChI=1S/C29H36F2N4O6/c1-28(2,3)41-27(38)33-10-11-34-16(13-33)15-40-24-21(26(34)37)25(35-14-17(39-6)12-29(35,4)5)32-23(22(24)31)20-18(30)8-7-9-19(20)36/h7-9,16-17,36H,10-15H2,1-6H3/t16-,17?/m1/s1. The van der Waals surface area contributed by atoms with Crippen molar-refractivity contribution in [3.63, 3.8) is 0 Å². The molecule has 0 aliphatic carbocycles. The third kappa shape index (κ3) is 5.25. The van der Waals surface area contributed by atoms with Crippen molar-refractivity contribution in [2.24, 2.45) is 0 Å². The van der Waals surface area contributed by atoms with Crippen molar-refractivity contribution in [2.75, 3.05) is 44.8 Å². The van der Waals surface area contributed by atoms with Crippen LogP contribution in [0.2, 0.25) is 0 Å². The maximum atomic E-state index is 16.3. The average Bonchev–Trinajstić information content (AvgIpc) is 3.12. The molecule has 3 aliphatic heterocycles. The highest BCUT2D eigenvalue weighted by Crippen LogP contribution is 2.45. The monoisotopic (exact) mass is 574 g/mol. The number of rotatable bonds is 3. The van der Waals surface area contributed by atoms with Crippen LogP contribution < -0.4 is 9.64 Å². The van der Waals surface area contributed by atoms with Crippen LogP contribution in [0.15, 0.2) is 18.2 Å². The topological polar surface area (TPSA) is 105 Å². The normalized spacial score (nSPS) is 22.1. The minimum atomic E-state index is -1.05. The first kappa shape index (κ1) is 28.8. The molecule has 2 saturated heterocycles. The second-order valence-corrected chi connectivity index (χ2v) is 12.3. The van der Waals surface area contributed by atoms with E-state index in [1.54, 1.807) is 32.8 Å². The summed E-state index contributed by atoms with van der Waals surface area (Å²) in [6, 6.07) is 3.05.